The SMILES string of the molecule is CN(C)c1ccc(C=NNC(=O)CSc2nc3ccccc3n2Cc2ccc(Cl)cc2)cc1. The number of hydrogen-bond donors (Lipinski definition) is 1. The van der Waals surface area contributed by atoms with Crippen LogP contribution in [0.2, 0.25) is 5.02 Å². The summed E-state index contributed by atoms with van der Waals surface area (Å²) in [6.07, 6.45) is 1.64. The number of benzene rings is 3. The van der Waals surface area contributed by atoms with E-state index in [0.29, 0.717) is 11.6 Å². The molecule has 0 fully saturated rings. The molecule has 0 atom stereocenters. The van der Waals surface area contributed by atoms with Crippen molar-refractivity contribution in [2.75, 3.05) is 24.7 Å². The summed E-state index contributed by atoms with van der Waals surface area (Å²) in [5, 5.41) is 5.56. The highest BCUT2D eigenvalue weighted by Crippen LogP contribution is 2.25. The number of carbonyl (C=O) groups excluding carboxylic acids is 1. The second kappa shape index (κ2) is 10.6. The maximum Gasteiger partial charge on any atom is 0.250 e. The predicted molar refractivity (Wildman–Crippen MR) is 138 cm³/mol. The van der Waals surface area contributed by atoms with Crippen LogP contribution in [0.15, 0.2) is 83.1 Å². The number of amides is 1. The van der Waals surface area contributed by atoms with E-state index < -0.39 is 0 Å². The van der Waals surface area contributed by atoms with Crippen molar-refractivity contribution in [3.63, 3.8) is 0 Å². The van der Waals surface area contributed by atoms with E-state index in [4.69, 9.17) is 16.6 Å². The Morgan fingerprint density at radius 3 is 2.55 bits per heavy atom. The molecule has 4 aromatic rings. The number of nitrogens with one attached hydrogen (secondary N) is 1. The van der Waals surface area contributed by atoms with Crippen molar-refractivity contribution in [1.29, 1.82) is 0 Å². The summed E-state index contributed by atoms with van der Waals surface area (Å²) in [6.45, 7) is 0.642. The minimum Gasteiger partial charge on any atom is -0.378 e. The average molecular weight is 478 g/mol. The third kappa shape index (κ3) is 5.94. The van der Waals surface area contributed by atoms with E-state index >= 15 is 0 Å². The first-order valence-corrected chi connectivity index (χ1v) is 11.8. The van der Waals surface area contributed by atoms with Crippen molar-refractivity contribution in [2.45, 2.75) is 11.7 Å². The monoisotopic (exact) mass is 477 g/mol. The van der Waals surface area contributed by atoms with Crippen LogP contribution in [0, 0.1) is 0 Å². The summed E-state index contributed by atoms with van der Waals surface area (Å²) in [5.74, 6) is 0.0205. The normalized spacial score (nSPS) is 11.2. The number of thioether (sulfide) groups is 1. The van der Waals surface area contributed by atoms with Gasteiger partial charge in [0.15, 0.2) is 5.16 Å². The van der Waals surface area contributed by atoms with Crippen molar-refractivity contribution in [2.24, 2.45) is 5.10 Å². The topological polar surface area (TPSA) is 62.5 Å². The summed E-state index contributed by atoms with van der Waals surface area (Å²) in [4.78, 5) is 19.1. The third-order valence-corrected chi connectivity index (χ3v) is 6.25. The Hall–Kier alpha value is -3.29. The minimum atomic E-state index is -0.189. The second-order valence-electron chi connectivity index (χ2n) is 7.66. The van der Waals surface area contributed by atoms with Gasteiger partial charge in [-0.25, -0.2) is 10.4 Å². The molecule has 0 aliphatic carbocycles. The lowest BCUT2D eigenvalue weighted by molar-refractivity contribution is -0.118. The highest BCUT2D eigenvalue weighted by atomic mass is 35.5. The molecular weight excluding hydrogens is 454 g/mol. The Kier molecular flexibility index (Phi) is 7.32. The number of anilines is 1. The zero-order chi connectivity index (χ0) is 23.2. The number of hydrogen-bond acceptors (Lipinski definition) is 5. The number of carbonyl (C=O) groups is 1. The van der Waals surface area contributed by atoms with Crippen LogP contribution in [0.1, 0.15) is 11.1 Å². The summed E-state index contributed by atoms with van der Waals surface area (Å²) >= 11 is 7.41. The van der Waals surface area contributed by atoms with Crippen LogP contribution in [0.4, 0.5) is 5.69 Å². The van der Waals surface area contributed by atoms with Gasteiger partial charge in [0.05, 0.1) is 29.5 Å². The fourth-order valence-corrected chi connectivity index (χ4v) is 4.22. The van der Waals surface area contributed by atoms with Crippen LogP contribution in [-0.4, -0.2) is 41.5 Å². The quantitative estimate of drug-likeness (QED) is 0.219. The molecule has 0 saturated carbocycles. The Morgan fingerprint density at radius 2 is 1.82 bits per heavy atom. The van der Waals surface area contributed by atoms with Crippen LogP contribution in [0.3, 0.4) is 0 Å². The van der Waals surface area contributed by atoms with Gasteiger partial charge in [-0.1, -0.05) is 59.8 Å². The highest BCUT2D eigenvalue weighted by Gasteiger charge is 2.13. The van der Waals surface area contributed by atoms with E-state index in [0.717, 1.165) is 33.0 Å². The standard InChI is InChI=1S/C25H24ClN5OS/c1-30(2)21-13-9-18(10-14-21)15-27-29-24(32)17-33-25-28-22-5-3-4-6-23(22)31(25)16-19-7-11-20(26)12-8-19/h3-15H,16-17H2,1-2H3,(H,29,32). The molecule has 1 amide bonds. The molecule has 33 heavy (non-hydrogen) atoms. The molecule has 6 nitrogen and oxygen atoms in total. The van der Waals surface area contributed by atoms with Gasteiger partial charge in [-0.2, -0.15) is 5.10 Å². The molecule has 0 radical (unpaired) electrons. The zero-order valence-corrected chi connectivity index (χ0v) is 20.0. The Balaban J connectivity index is 1.41. The van der Waals surface area contributed by atoms with Crippen molar-refractivity contribution >= 4 is 52.2 Å². The summed E-state index contributed by atoms with van der Waals surface area (Å²) in [6, 6.07) is 23.6. The molecule has 3 aromatic carbocycles. The van der Waals surface area contributed by atoms with Gasteiger partial charge in [-0.05, 0) is 47.5 Å². The van der Waals surface area contributed by atoms with Crippen LogP contribution in [0.25, 0.3) is 11.0 Å². The smallest absolute Gasteiger partial charge is 0.250 e. The van der Waals surface area contributed by atoms with Crippen molar-refractivity contribution < 1.29 is 4.79 Å². The number of hydrazone groups is 1. The first kappa shape index (κ1) is 22.9. The fraction of sp³-hybridized carbons (Fsp3) is 0.160. The van der Waals surface area contributed by atoms with E-state index in [1.54, 1.807) is 6.21 Å². The first-order chi connectivity index (χ1) is 16.0. The van der Waals surface area contributed by atoms with Gasteiger partial charge in [0.2, 0.25) is 0 Å². The summed E-state index contributed by atoms with van der Waals surface area (Å²) < 4.78 is 2.12. The fourth-order valence-electron chi connectivity index (χ4n) is 3.29. The maximum atomic E-state index is 12.4. The molecule has 168 valence electrons. The molecule has 0 bridgehead atoms. The molecule has 1 heterocycles. The Morgan fingerprint density at radius 1 is 1.09 bits per heavy atom. The van der Waals surface area contributed by atoms with Gasteiger partial charge in [0.1, 0.15) is 0 Å². The Bertz CT molecular complexity index is 1270. The number of nitrogens with zero attached hydrogens (tertiary/aromatic N) is 4. The molecule has 0 unspecified atom stereocenters. The number of rotatable bonds is 8. The number of para-hydroxylation sites is 2. The summed E-state index contributed by atoms with van der Waals surface area (Å²) in [5.41, 5.74) is 7.65. The molecular formula is C25H24ClN5OS. The number of imidazole rings is 1. The maximum absolute atomic E-state index is 12.4. The third-order valence-electron chi connectivity index (χ3n) is 5.02. The van der Waals surface area contributed by atoms with Gasteiger partial charge < -0.3 is 9.47 Å². The minimum absolute atomic E-state index is 0.189. The molecule has 1 aromatic heterocycles. The molecule has 8 heteroatoms. The lowest BCUT2D eigenvalue weighted by Gasteiger charge is -2.11. The van der Waals surface area contributed by atoms with Gasteiger partial charge >= 0.3 is 0 Å². The number of fused-ring (bicyclic) bond motifs is 1. The molecule has 4 rings (SSSR count). The lowest BCUT2D eigenvalue weighted by Crippen LogP contribution is -2.20. The summed E-state index contributed by atoms with van der Waals surface area (Å²) in [7, 11) is 3.98. The van der Waals surface area contributed by atoms with Crippen LogP contribution >= 0.6 is 23.4 Å². The molecule has 1 N–H and O–H groups in total. The van der Waals surface area contributed by atoms with Crippen LogP contribution in [-0.2, 0) is 11.3 Å². The van der Waals surface area contributed by atoms with Gasteiger partial charge in [-0.3, -0.25) is 4.79 Å². The highest BCUT2D eigenvalue weighted by molar-refractivity contribution is 7.99. The van der Waals surface area contributed by atoms with E-state index in [-0.39, 0.29) is 11.7 Å². The van der Waals surface area contributed by atoms with Crippen molar-refractivity contribution in [1.82, 2.24) is 15.0 Å². The van der Waals surface area contributed by atoms with Gasteiger partial charge in [0.25, 0.3) is 5.91 Å². The van der Waals surface area contributed by atoms with Crippen LogP contribution in [0.5, 0.6) is 0 Å². The first-order valence-electron chi connectivity index (χ1n) is 10.4. The van der Waals surface area contributed by atoms with E-state index in [9.17, 15) is 4.79 Å². The molecule has 0 saturated heterocycles. The van der Waals surface area contributed by atoms with E-state index in [1.165, 1.54) is 11.8 Å². The van der Waals surface area contributed by atoms with Gasteiger partial charge in [0, 0.05) is 24.8 Å². The van der Waals surface area contributed by atoms with E-state index in [2.05, 4.69) is 15.1 Å². The van der Waals surface area contributed by atoms with Crippen LogP contribution < -0.4 is 10.3 Å². The number of halogens is 1. The van der Waals surface area contributed by atoms with Crippen molar-refractivity contribution in [3.05, 3.63) is 88.9 Å². The van der Waals surface area contributed by atoms with Crippen molar-refractivity contribution in [3.8, 4) is 0 Å². The largest absolute Gasteiger partial charge is 0.378 e. The predicted octanol–water partition coefficient (Wildman–Crippen LogP) is 5.05. The van der Waals surface area contributed by atoms with Gasteiger partial charge in [-0.15, -0.1) is 0 Å². The average Bonchev–Trinajstić information content (AvgIpc) is 3.17. The molecule has 0 aliphatic rings. The molecule has 0 spiro atoms. The van der Waals surface area contributed by atoms with E-state index in [1.807, 2.05) is 91.8 Å². The second-order valence-corrected chi connectivity index (χ2v) is 9.04. The zero-order valence-electron chi connectivity index (χ0n) is 18.4. The Labute approximate surface area is 202 Å². The number of aromatic nitrogens is 2. The lowest BCUT2D eigenvalue weighted by atomic mass is 10.2. The molecule has 0 aliphatic heterocycles.